The molecule has 0 aromatic heterocycles. The monoisotopic (exact) mass is 310 g/mol. The van der Waals surface area contributed by atoms with Crippen LogP contribution in [0.4, 0.5) is 0 Å². The largest absolute Gasteiger partial charge is 0.465 e. The van der Waals surface area contributed by atoms with Gasteiger partial charge in [0.05, 0.1) is 18.3 Å². The quantitative estimate of drug-likeness (QED) is 0.632. The van der Waals surface area contributed by atoms with Gasteiger partial charge in [0.1, 0.15) is 11.3 Å². The lowest BCUT2D eigenvalue weighted by Gasteiger charge is -2.35. The van der Waals surface area contributed by atoms with Crippen molar-refractivity contribution in [3.05, 3.63) is 29.3 Å². The second-order valence-electron chi connectivity index (χ2n) is 5.93. The van der Waals surface area contributed by atoms with E-state index in [2.05, 4.69) is 4.74 Å². The first-order chi connectivity index (χ1) is 9.98. The predicted molar refractivity (Wildman–Crippen MR) is 79.7 cm³/mol. The smallest absolute Gasteiger partial charge is 0.341 e. The molecule has 0 bridgehead atoms. The fourth-order valence-corrected chi connectivity index (χ4v) is 1.81. The van der Waals surface area contributed by atoms with Crippen molar-refractivity contribution in [3.63, 3.8) is 0 Å². The molecule has 1 unspecified atom stereocenters. The molecule has 0 aliphatic carbocycles. The zero-order valence-corrected chi connectivity index (χ0v) is 13.5. The molecule has 0 heterocycles. The zero-order valence-electron chi connectivity index (χ0n) is 13.5. The Bertz CT molecular complexity index is 568. The van der Waals surface area contributed by atoms with E-state index in [-0.39, 0.29) is 17.7 Å². The van der Waals surface area contributed by atoms with Gasteiger partial charge >= 0.3 is 11.9 Å². The van der Waals surface area contributed by atoms with Gasteiger partial charge in [-0.2, -0.15) is 0 Å². The average molecular weight is 310 g/mol. The van der Waals surface area contributed by atoms with Gasteiger partial charge in [-0.3, -0.25) is 4.79 Å². The Morgan fingerprint density at radius 3 is 2.23 bits per heavy atom. The molecular formula is C16H22O6. The van der Waals surface area contributed by atoms with Crippen LogP contribution in [0.25, 0.3) is 0 Å². The summed E-state index contributed by atoms with van der Waals surface area (Å²) in [5, 5.41) is 20.3. The van der Waals surface area contributed by atoms with Crippen molar-refractivity contribution in [1.82, 2.24) is 0 Å². The molecule has 0 radical (unpaired) electrons. The van der Waals surface area contributed by atoms with Crippen LogP contribution in [-0.4, -0.2) is 40.5 Å². The first-order valence-corrected chi connectivity index (χ1v) is 6.82. The van der Waals surface area contributed by atoms with E-state index in [4.69, 9.17) is 4.74 Å². The minimum atomic E-state index is -1.40. The fraction of sp³-hybridized carbons (Fsp3) is 0.500. The predicted octanol–water partition coefficient (Wildman–Crippen LogP) is 1.46. The molecule has 122 valence electrons. The van der Waals surface area contributed by atoms with E-state index in [0.29, 0.717) is 5.56 Å². The van der Waals surface area contributed by atoms with Gasteiger partial charge in [0.2, 0.25) is 0 Å². The van der Waals surface area contributed by atoms with Crippen LogP contribution < -0.4 is 4.74 Å². The van der Waals surface area contributed by atoms with Crippen LogP contribution in [0.5, 0.6) is 5.75 Å². The first-order valence-electron chi connectivity index (χ1n) is 6.82. The average Bonchev–Trinajstić information content (AvgIpc) is 2.35. The topological polar surface area (TPSA) is 93.1 Å². The lowest BCUT2D eigenvalue weighted by Crippen LogP contribution is -2.49. The normalized spacial score (nSPS) is 14.1. The molecule has 0 fully saturated rings. The molecule has 0 amide bonds. The lowest BCUT2D eigenvalue weighted by atomic mass is 9.82. The van der Waals surface area contributed by atoms with E-state index in [0.717, 1.165) is 0 Å². The van der Waals surface area contributed by atoms with Gasteiger partial charge in [0.15, 0.2) is 0 Å². The van der Waals surface area contributed by atoms with E-state index in [9.17, 15) is 19.8 Å². The molecule has 22 heavy (non-hydrogen) atoms. The fourth-order valence-electron chi connectivity index (χ4n) is 1.81. The van der Waals surface area contributed by atoms with Crippen molar-refractivity contribution >= 4 is 11.9 Å². The Morgan fingerprint density at radius 2 is 1.77 bits per heavy atom. The molecule has 1 rings (SSSR count). The first kappa shape index (κ1) is 18.1. The van der Waals surface area contributed by atoms with Crippen molar-refractivity contribution in [2.45, 2.75) is 45.3 Å². The summed E-state index contributed by atoms with van der Waals surface area (Å²) in [5.41, 5.74) is -2.00. The maximum absolute atomic E-state index is 11.7. The number of hydrogen-bond acceptors (Lipinski definition) is 6. The number of ether oxygens (including phenoxy) is 2. The lowest BCUT2D eigenvalue weighted by molar-refractivity contribution is -0.131. The third kappa shape index (κ3) is 4.29. The van der Waals surface area contributed by atoms with Gasteiger partial charge in [-0.15, -0.1) is 0 Å². The zero-order chi connectivity index (χ0) is 17.1. The maximum atomic E-state index is 11.7. The van der Waals surface area contributed by atoms with Gasteiger partial charge in [-0.1, -0.05) is 6.07 Å². The second-order valence-corrected chi connectivity index (χ2v) is 5.93. The minimum absolute atomic E-state index is 0.0587. The van der Waals surface area contributed by atoms with Crippen LogP contribution in [0.15, 0.2) is 18.2 Å². The van der Waals surface area contributed by atoms with Crippen molar-refractivity contribution in [1.29, 1.82) is 0 Å². The Balaban J connectivity index is 3.19. The number of esters is 2. The number of hydrogen-bond donors (Lipinski definition) is 2. The number of rotatable bonds is 5. The van der Waals surface area contributed by atoms with Crippen LogP contribution in [0.2, 0.25) is 0 Å². The van der Waals surface area contributed by atoms with E-state index in [1.54, 1.807) is 6.07 Å². The summed E-state index contributed by atoms with van der Waals surface area (Å²) >= 11 is 0. The van der Waals surface area contributed by atoms with Gasteiger partial charge in [0.25, 0.3) is 0 Å². The van der Waals surface area contributed by atoms with Gasteiger partial charge in [-0.05, 0) is 38.5 Å². The summed E-state index contributed by atoms with van der Waals surface area (Å²) in [6.45, 7) is 5.74. The number of methoxy groups -OCH3 is 1. The highest BCUT2D eigenvalue weighted by Gasteiger charge is 2.37. The van der Waals surface area contributed by atoms with Crippen LogP contribution in [0, 0.1) is 0 Å². The highest BCUT2D eigenvalue weighted by Crippen LogP contribution is 2.29. The molecule has 0 saturated heterocycles. The molecule has 1 aromatic carbocycles. The summed E-state index contributed by atoms with van der Waals surface area (Å²) < 4.78 is 9.66. The third-order valence-corrected chi connectivity index (χ3v) is 3.57. The van der Waals surface area contributed by atoms with E-state index >= 15 is 0 Å². The molecule has 6 heteroatoms. The summed E-state index contributed by atoms with van der Waals surface area (Å²) in [6.07, 6.45) is 0.117. The molecular weight excluding hydrogens is 288 g/mol. The van der Waals surface area contributed by atoms with Crippen LogP contribution >= 0.6 is 0 Å². The standard InChI is InChI=1S/C16H22O6/c1-10(17)22-13-8-11(6-7-12(13)14(18)21-5)9-16(4,20)15(2,3)19/h6-8,19-20H,9H2,1-5H3. The van der Waals surface area contributed by atoms with Gasteiger partial charge in [-0.25, -0.2) is 4.79 Å². The SMILES string of the molecule is COC(=O)c1ccc(CC(C)(O)C(C)(C)O)cc1OC(C)=O. The number of carbonyl (C=O) groups is 2. The Labute approximate surface area is 129 Å². The maximum Gasteiger partial charge on any atom is 0.341 e. The Kier molecular flexibility index (Phi) is 5.32. The molecule has 0 spiro atoms. The molecule has 0 aliphatic heterocycles. The highest BCUT2D eigenvalue weighted by molar-refractivity contribution is 5.93. The van der Waals surface area contributed by atoms with Crippen molar-refractivity contribution in [2.75, 3.05) is 7.11 Å². The molecule has 1 aromatic rings. The Hall–Kier alpha value is -1.92. The molecule has 6 nitrogen and oxygen atoms in total. The highest BCUT2D eigenvalue weighted by atomic mass is 16.5. The summed E-state index contributed by atoms with van der Waals surface area (Å²) in [6, 6.07) is 4.55. The van der Waals surface area contributed by atoms with Crippen LogP contribution in [-0.2, 0) is 16.0 Å². The molecule has 0 saturated carbocycles. The summed E-state index contributed by atoms with van der Waals surface area (Å²) in [7, 11) is 1.23. The number of aliphatic hydroxyl groups is 2. The van der Waals surface area contributed by atoms with E-state index in [1.165, 1.54) is 46.9 Å². The van der Waals surface area contributed by atoms with Crippen LogP contribution in [0.1, 0.15) is 43.6 Å². The summed E-state index contributed by atoms with van der Waals surface area (Å²) in [5.74, 6) is -1.14. The van der Waals surface area contributed by atoms with E-state index < -0.39 is 23.1 Å². The third-order valence-electron chi connectivity index (χ3n) is 3.57. The molecule has 1 atom stereocenters. The Morgan fingerprint density at radius 1 is 1.18 bits per heavy atom. The van der Waals surface area contributed by atoms with Gasteiger partial charge < -0.3 is 19.7 Å². The molecule has 2 N–H and O–H groups in total. The molecule has 0 aliphatic rings. The van der Waals surface area contributed by atoms with Gasteiger partial charge in [0, 0.05) is 13.3 Å². The van der Waals surface area contributed by atoms with E-state index in [1.807, 2.05) is 0 Å². The van der Waals surface area contributed by atoms with Crippen LogP contribution in [0.3, 0.4) is 0 Å². The number of benzene rings is 1. The van der Waals surface area contributed by atoms with Crippen molar-refractivity contribution in [2.24, 2.45) is 0 Å². The summed E-state index contributed by atoms with van der Waals surface area (Å²) in [4.78, 5) is 22.8. The van der Waals surface area contributed by atoms with Crippen molar-refractivity contribution in [3.8, 4) is 5.75 Å². The minimum Gasteiger partial charge on any atom is -0.465 e. The van der Waals surface area contributed by atoms with Crippen molar-refractivity contribution < 1.29 is 29.3 Å². The second kappa shape index (κ2) is 6.46. The number of carbonyl (C=O) groups excluding carboxylic acids is 2.